The van der Waals surface area contributed by atoms with Gasteiger partial charge < -0.3 is 10.5 Å². The van der Waals surface area contributed by atoms with Crippen molar-refractivity contribution in [2.45, 2.75) is 19.4 Å². The first kappa shape index (κ1) is 8.92. The molecule has 0 aromatic carbocycles. The van der Waals surface area contributed by atoms with Gasteiger partial charge in [0.05, 0.1) is 19.1 Å². The molecule has 2 N–H and O–H groups in total. The highest BCUT2D eigenvalue weighted by Gasteiger charge is 2.07. The van der Waals surface area contributed by atoms with Crippen LogP contribution in [0.15, 0.2) is 0 Å². The molecule has 0 fully saturated rings. The van der Waals surface area contributed by atoms with Crippen molar-refractivity contribution in [2.75, 3.05) is 6.61 Å². The molecule has 0 radical (unpaired) electrons. The maximum atomic E-state index is 10.6. The van der Waals surface area contributed by atoms with E-state index in [1.807, 2.05) is 0 Å². The third-order valence-corrected chi connectivity index (χ3v) is 0.858. The van der Waals surface area contributed by atoms with Gasteiger partial charge in [0.15, 0.2) is 0 Å². The molecule has 1 atom stereocenters. The quantitative estimate of drug-likeness (QED) is 0.553. The fourth-order valence-corrected chi connectivity index (χ4v) is 0.445. The Morgan fingerprint density at radius 2 is 2.50 bits per heavy atom. The Morgan fingerprint density at radius 3 is 2.90 bits per heavy atom. The molecule has 0 saturated heterocycles. The van der Waals surface area contributed by atoms with E-state index in [4.69, 9.17) is 11.0 Å². The third kappa shape index (κ3) is 3.87. The lowest BCUT2D eigenvalue weighted by Gasteiger charge is -2.01. The van der Waals surface area contributed by atoms with Crippen molar-refractivity contribution in [3.63, 3.8) is 0 Å². The van der Waals surface area contributed by atoms with Gasteiger partial charge in [0.2, 0.25) is 0 Å². The van der Waals surface area contributed by atoms with Crippen LogP contribution in [0.5, 0.6) is 0 Å². The summed E-state index contributed by atoms with van der Waals surface area (Å²) in [6.45, 7) is 2.03. The molecule has 4 heteroatoms. The minimum absolute atomic E-state index is 0.0235. The van der Waals surface area contributed by atoms with Crippen molar-refractivity contribution in [1.29, 1.82) is 5.26 Å². The van der Waals surface area contributed by atoms with Gasteiger partial charge in [0.1, 0.15) is 6.04 Å². The molecule has 0 aromatic heterocycles. The maximum absolute atomic E-state index is 10.6. The molecule has 0 spiro atoms. The monoisotopic (exact) mass is 142 g/mol. The standard InChI is InChI=1S/C6H10N2O2/c1-2-10-6(9)3-5(8)4-7/h5H,2-3,8H2,1H3. The molecule has 0 amide bonds. The lowest BCUT2D eigenvalue weighted by molar-refractivity contribution is -0.143. The smallest absolute Gasteiger partial charge is 0.308 e. The van der Waals surface area contributed by atoms with Crippen molar-refractivity contribution in [3.8, 4) is 6.07 Å². The average molecular weight is 142 g/mol. The molecule has 0 saturated carbocycles. The highest BCUT2D eigenvalue weighted by Crippen LogP contribution is 1.89. The molecule has 0 heterocycles. The fraction of sp³-hybridized carbons (Fsp3) is 0.667. The van der Waals surface area contributed by atoms with Crippen molar-refractivity contribution in [1.82, 2.24) is 0 Å². The topological polar surface area (TPSA) is 76.1 Å². The number of nitrogens with two attached hydrogens (primary N) is 1. The Kier molecular flexibility index (Phi) is 4.25. The second-order valence-corrected chi connectivity index (χ2v) is 1.74. The zero-order valence-corrected chi connectivity index (χ0v) is 5.83. The third-order valence-electron chi connectivity index (χ3n) is 0.858. The molecule has 0 aliphatic carbocycles. The average Bonchev–Trinajstić information content (AvgIpc) is 1.88. The van der Waals surface area contributed by atoms with E-state index in [1.165, 1.54) is 0 Å². The molecule has 56 valence electrons. The highest BCUT2D eigenvalue weighted by molar-refractivity contribution is 5.70. The Bertz CT molecular complexity index is 150. The largest absolute Gasteiger partial charge is 0.466 e. The van der Waals surface area contributed by atoms with E-state index >= 15 is 0 Å². The fourth-order valence-electron chi connectivity index (χ4n) is 0.445. The van der Waals surface area contributed by atoms with Gasteiger partial charge in [-0.1, -0.05) is 0 Å². The maximum Gasteiger partial charge on any atom is 0.308 e. The van der Waals surface area contributed by atoms with Crippen LogP contribution >= 0.6 is 0 Å². The molecule has 10 heavy (non-hydrogen) atoms. The van der Waals surface area contributed by atoms with Gasteiger partial charge in [0.25, 0.3) is 0 Å². The van der Waals surface area contributed by atoms with E-state index in [1.54, 1.807) is 13.0 Å². The van der Waals surface area contributed by atoms with Gasteiger partial charge in [0, 0.05) is 0 Å². The zero-order valence-electron chi connectivity index (χ0n) is 5.83. The van der Waals surface area contributed by atoms with Crippen LogP contribution in [-0.2, 0) is 9.53 Å². The molecule has 0 aromatic rings. The summed E-state index contributed by atoms with van der Waals surface area (Å²) in [5, 5.41) is 8.17. The van der Waals surface area contributed by atoms with E-state index < -0.39 is 12.0 Å². The second kappa shape index (κ2) is 4.77. The van der Waals surface area contributed by atoms with E-state index in [2.05, 4.69) is 4.74 Å². The minimum atomic E-state index is -0.737. The van der Waals surface area contributed by atoms with Gasteiger partial charge in [-0.25, -0.2) is 0 Å². The van der Waals surface area contributed by atoms with Crippen molar-refractivity contribution in [2.24, 2.45) is 5.73 Å². The summed E-state index contributed by atoms with van der Waals surface area (Å²) in [7, 11) is 0. The predicted octanol–water partition coefficient (Wildman–Crippen LogP) is -0.210. The molecule has 0 bridgehead atoms. The number of nitrogens with zero attached hydrogens (tertiary/aromatic N) is 1. The highest BCUT2D eigenvalue weighted by atomic mass is 16.5. The second-order valence-electron chi connectivity index (χ2n) is 1.74. The number of hydrogen-bond acceptors (Lipinski definition) is 4. The number of ether oxygens (including phenoxy) is 1. The summed E-state index contributed by atoms with van der Waals surface area (Å²) in [5.74, 6) is -0.420. The Morgan fingerprint density at radius 1 is 1.90 bits per heavy atom. The van der Waals surface area contributed by atoms with E-state index in [0.29, 0.717) is 6.61 Å². The molecule has 4 nitrogen and oxygen atoms in total. The number of nitriles is 1. The van der Waals surface area contributed by atoms with Crippen LogP contribution in [0.2, 0.25) is 0 Å². The molecule has 1 unspecified atom stereocenters. The molecular weight excluding hydrogens is 132 g/mol. The molecule has 0 aliphatic heterocycles. The Labute approximate surface area is 59.6 Å². The lowest BCUT2D eigenvalue weighted by Crippen LogP contribution is -2.22. The first-order chi connectivity index (χ1) is 4.70. The van der Waals surface area contributed by atoms with Gasteiger partial charge in [-0.2, -0.15) is 5.26 Å². The van der Waals surface area contributed by atoms with E-state index in [0.717, 1.165) is 0 Å². The molecule has 0 rings (SSSR count). The first-order valence-electron chi connectivity index (χ1n) is 3.01. The van der Waals surface area contributed by atoms with E-state index in [9.17, 15) is 4.79 Å². The molecular formula is C6H10N2O2. The number of carbonyl (C=O) groups is 1. The van der Waals surface area contributed by atoms with Gasteiger partial charge in [-0.15, -0.1) is 0 Å². The van der Waals surface area contributed by atoms with Crippen molar-refractivity contribution < 1.29 is 9.53 Å². The zero-order chi connectivity index (χ0) is 7.98. The van der Waals surface area contributed by atoms with Crippen LogP contribution in [0.3, 0.4) is 0 Å². The number of hydrogen-bond donors (Lipinski definition) is 1. The van der Waals surface area contributed by atoms with Crippen molar-refractivity contribution in [3.05, 3.63) is 0 Å². The number of esters is 1. The summed E-state index contributed by atoms with van der Waals surface area (Å²) >= 11 is 0. The Hall–Kier alpha value is -1.08. The van der Waals surface area contributed by atoms with Crippen LogP contribution in [-0.4, -0.2) is 18.6 Å². The number of carbonyl (C=O) groups excluding carboxylic acids is 1. The van der Waals surface area contributed by atoms with Crippen LogP contribution < -0.4 is 5.73 Å². The van der Waals surface area contributed by atoms with Crippen LogP contribution in [0.25, 0.3) is 0 Å². The van der Waals surface area contributed by atoms with Gasteiger partial charge in [-0.05, 0) is 6.92 Å². The van der Waals surface area contributed by atoms with Crippen LogP contribution in [0.1, 0.15) is 13.3 Å². The van der Waals surface area contributed by atoms with E-state index in [-0.39, 0.29) is 6.42 Å². The van der Waals surface area contributed by atoms with Crippen LogP contribution in [0, 0.1) is 11.3 Å². The van der Waals surface area contributed by atoms with Crippen molar-refractivity contribution >= 4 is 5.97 Å². The summed E-state index contributed by atoms with van der Waals surface area (Å²) in [4.78, 5) is 10.6. The van der Waals surface area contributed by atoms with Gasteiger partial charge >= 0.3 is 5.97 Å². The van der Waals surface area contributed by atoms with Gasteiger partial charge in [-0.3, -0.25) is 4.79 Å². The summed E-state index contributed by atoms with van der Waals surface area (Å²) < 4.78 is 4.54. The normalized spacial score (nSPS) is 11.7. The SMILES string of the molecule is CCOC(=O)CC(N)C#N. The van der Waals surface area contributed by atoms with Crippen LogP contribution in [0.4, 0.5) is 0 Å². The Balaban J connectivity index is 3.49. The molecule has 0 aliphatic rings. The predicted molar refractivity (Wildman–Crippen MR) is 34.8 cm³/mol. The lowest BCUT2D eigenvalue weighted by atomic mass is 10.2. The minimum Gasteiger partial charge on any atom is -0.466 e. The summed E-state index contributed by atoms with van der Waals surface area (Å²) in [6.07, 6.45) is -0.0235. The summed E-state index contributed by atoms with van der Waals surface area (Å²) in [6, 6.07) is 0.994. The number of rotatable bonds is 3. The first-order valence-corrected chi connectivity index (χ1v) is 3.01. The summed E-state index contributed by atoms with van der Waals surface area (Å²) in [5.41, 5.74) is 5.14.